The maximum Gasteiger partial charge on any atom is 0.179 e. The number of hydrogen-bond donors (Lipinski definition) is 1. The second-order valence-corrected chi connectivity index (χ2v) is 3.54. The van der Waals surface area contributed by atoms with Crippen LogP contribution in [0.4, 0.5) is 0 Å². The number of rotatable bonds is 4. The minimum absolute atomic E-state index is 0.0248. The first-order valence-electron chi connectivity index (χ1n) is 5.09. The molecular weight excluding hydrogens is 202 g/mol. The highest BCUT2D eigenvalue weighted by Crippen LogP contribution is 2.04. The molecule has 1 aromatic carbocycles. The lowest BCUT2D eigenvalue weighted by atomic mass is 10.2. The van der Waals surface area contributed by atoms with Gasteiger partial charge in [-0.25, -0.2) is 0 Å². The van der Waals surface area contributed by atoms with Gasteiger partial charge in [0.1, 0.15) is 0 Å². The Kier molecular flexibility index (Phi) is 3.12. The molecule has 4 nitrogen and oxygen atoms in total. The number of carbonyl (C=O) groups excluding carboxylic acids is 1. The average Bonchev–Trinajstić information content (AvgIpc) is 2.78. The Morgan fingerprint density at radius 2 is 2.06 bits per heavy atom. The summed E-state index contributed by atoms with van der Waals surface area (Å²) in [5, 5.41) is 4.12. The van der Waals surface area contributed by atoms with Crippen LogP contribution in [-0.2, 0) is 6.54 Å². The van der Waals surface area contributed by atoms with Crippen LogP contribution < -0.4 is 5.73 Å². The molecule has 0 aliphatic rings. The van der Waals surface area contributed by atoms with Crippen LogP contribution in [0.25, 0.3) is 0 Å². The van der Waals surface area contributed by atoms with E-state index in [4.69, 9.17) is 5.73 Å². The van der Waals surface area contributed by atoms with Crippen molar-refractivity contribution in [3.8, 4) is 0 Å². The zero-order chi connectivity index (χ0) is 11.4. The summed E-state index contributed by atoms with van der Waals surface area (Å²) in [5.74, 6) is -0.0840. The molecule has 0 spiro atoms. The van der Waals surface area contributed by atoms with E-state index in [1.165, 1.54) is 0 Å². The molecule has 82 valence electrons. The van der Waals surface area contributed by atoms with Crippen LogP contribution in [-0.4, -0.2) is 22.1 Å². The van der Waals surface area contributed by atoms with Gasteiger partial charge in [0.2, 0.25) is 0 Å². The third-order valence-corrected chi connectivity index (χ3v) is 2.33. The number of ketones is 1. The number of nitrogens with zero attached hydrogens (tertiary/aromatic N) is 2. The van der Waals surface area contributed by atoms with E-state index in [2.05, 4.69) is 5.10 Å². The van der Waals surface area contributed by atoms with Crippen molar-refractivity contribution in [1.82, 2.24) is 9.78 Å². The van der Waals surface area contributed by atoms with Gasteiger partial charge in [0, 0.05) is 6.20 Å². The van der Waals surface area contributed by atoms with E-state index in [9.17, 15) is 4.79 Å². The van der Waals surface area contributed by atoms with Crippen molar-refractivity contribution in [2.24, 2.45) is 5.73 Å². The number of carbonyl (C=O) groups is 1. The molecule has 0 aliphatic heterocycles. The van der Waals surface area contributed by atoms with E-state index in [0.29, 0.717) is 12.1 Å². The molecule has 0 fully saturated rings. The van der Waals surface area contributed by atoms with Gasteiger partial charge in [-0.2, -0.15) is 5.10 Å². The molecule has 2 rings (SSSR count). The smallest absolute Gasteiger partial charge is 0.179 e. The van der Waals surface area contributed by atoms with Gasteiger partial charge in [-0.15, -0.1) is 0 Å². The number of nitrogens with two attached hydrogens (primary N) is 1. The molecule has 4 heteroatoms. The summed E-state index contributed by atoms with van der Waals surface area (Å²) >= 11 is 0. The van der Waals surface area contributed by atoms with Crippen molar-refractivity contribution in [2.75, 3.05) is 6.54 Å². The quantitative estimate of drug-likeness (QED) is 0.776. The summed E-state index contributed by atoms with van der Waals surface area (Å²) in [5.41, 5.74) is 7.00. The first-order chi connectivity index (χ1) is 7.79. The lowest BCUT2D eigenvalue weighted by Crippen LogP contribution is -2.12. The molecule has 1 heterocycles. The predicted octanol–water partition coefficient (Wildman–Crippen LogP) is 1.07. The Hall–Kier alpha value is -1.94. The van der Waals surface area contributed by atoms with Crippen LogP contribution in [0, 0.1) is 0 Å². The molecule has 2 N–H and O–H groups in total. The van der Waals surface area contributed by atoms with Crippen LogP contribution in [0.1, 0.15) is 15.9 Å². The van der Waals surface area contributed by atoms with Gasteiger partial charge in [0.25, 0.3) is 0 Å². The van der Waals surface area contributed by atoms with Crippen molar-refractivity contribution in [3.05, 3.63) is 53.9 Å². The van der Waals surface area contributed by atoms with E-state index in [-0.39, 0.29) is 12.3 Å². The first kappa shape index (κ1) is 10.6. The van der Waals surface area contributed by atoms with E-state index in [1.807, 2.05) is 30.3 Å². The minimum atomic E-state index is -0.0840. The van der Waals surface area contributed by atoms with Gasteiger partial charge in [-0.1, -0.05) is 30.3 Å². The number of hydrogen-bond acceptors (Lipinski definition) is 3. The molecule has 0 unspecified atom stereocenters. The fraction of sp³-hybridized carbons (Fsp3) is 0.167. The lowest BCUT2D eigenvalue weighted by molar-refractivity contribution is 0.100. The number of Topliss-reactive ketones (excluding diaryl/α,β-unsaturated/α-hetero) is 1. The molecule has 0 saturated carbocycles. The summed E-state index contributed by atoms with van der Waals surface area (Å²) in [4.78, 5) is 11.3. The lowest BCUT2D eigenvalue weighted by Gasteiger charge is -2.00. The Morgan fingerprint density at radius 1 is 1.31 bits per heavy atom. The molecule has 1 aromatic heterocycles. The van der Waals surface area contributed by atoms with Crippen LogP contribution in [0.3, 0.4) is 0 Å². The van der Waals surface area contributed by atoms with E-state index >= 15 is 0 Å². The Balaban J connectivity index is 2.12. The van der Waals surface area contributed by atoms with Gasteiger partial charge in [-0.3, -0.25) is 9.48 Å². The fourth-order valence-electron chi connectivity index (χ4n) is 1.48. The molecule has 0 bridgehead atoms. The molecule has 0 saturated heterocycles. The predicted molar refractivity (Wildman–Crippen MR) is 61.2 cm³/mol. The van der Waals surface area contributed by atoms with Gasteiger partial charge in [-0.05, 0) is 5.56 Å². The highest BCUT2D eigenvalue weighted by molar-refractivity contribution is 5.96. The van der Waals surface area contributed by atoms with Gasteiger partial charge < -0.3 is 5.73 Å². The molecule has 0 atom stereocenters. The van der Waals surface area contributed by atoms with Crippen molar-refractivity contribution in [3.63, 3.8) is 0 Å². The Morgan fingerprint density at radius 3 is 2.75 bits per heavy atom. The summed E-state index contributed by atoms with van der Waals surface area (Å²) in [6.45, 7) is 0.690. The second-order valence-electron chi connectivity index (χ2n) is 3.54. The second kappa shape index (κ2) is 4.72. The highest BCUT2D eigenvalue weighted by Gasteiger charge is 2.06. The van der Waals surface area contributed by atoms with Crippen LogP contribution in [0.2, 0.25) is 0 Å². The summed E-state index contributed by atoms with van der Waals surface area (Å²) in [6.07, 6.45) is 3.28. The van der Waals surface area contributed by atoms with Crippen LogP contribution in [0.5, 0.6) is 0 Å². The summed E-state index contributed by atoms with van der Waals surface area (Å²) in [6, 6.07) is 9.96. The SMILES string of the molecule is NCC(=O)c1cnn(Cc2ccccc2)c1. The molecule has 0 radical (unpaired) electrons. The minimum Gasteiger partial charge on any atom is -0.324 e. The van der Waals surface area contributed by atoms with Gasteiger partial charge >= 0.3 is 0 Å². The molecular formula is C12H13N3O. The maximum atomic E-state index is 11.3. The monoisotopic (exact) mass is 215 g/mol. The zero-order valence-electron chi connectivity index (χ0n) is 8.84. The topological polar surface area (TPSA) is 60.9 Å². The highest BCUT2D eigenvalue weighted by atomic mass is 16.1. The van der Waals surface area contributed by atoms with Gasteiger partial charge in [0.05, 0.1) is 24.8 Å². The van der Waals surface area contributed by atoms with Crippen molar-refractivity contribution in [2.45, 2.75) is 6.54 Å². The van der Waals surface area contributed by atoms with E-state index < -0.39 is 0 Å². The van der Waals surface area contributed by atoms with Gasteiger partial charge in [0.15, 0.2) is 5.78 Å². The standard InChI is InChI=1S/C12H13N3O/c13-6-12(16)11-7-14-15(9-11)8-10-4-2-1-3-5-10/h1-5,7,9H,6,8,13H2. The summed E-state index contributed by atoms with van der Waals surface area (Å²) in [7, 11) is 0. The van der Waals surface area contributed by atoms with Crippen molar-refractivity contribution < 1.29 is 4.79 Å². The molecule has 0 amide bonds. The van der Waals surface area contributed by atoms with Crippen LogP contribution >= 0.6 is 0 Å². The number of aromatic nitrogens is 2. The van der Waals surface area contributed by atoms with Crippen molar-refractivity contribution >= 4 is 5.78 Å². The molecule has 16 heavy (non-hydrogen) atoms. The molecule has 2 aromatic rings. The fourth-order valence-corrected chi connectivity index (χ4v) is 1.48. The third kappa shape index (κ3) is 2.35. The van der Waals surface area contributed by atoms with Crippen LogP contribution in [0.15, 0.2) is 42.7 Å². The Labute approximate surface area is 93.7 Å². The van der Waals surface area contributed by atoms with E-state index in [0.717, 1.165) is 5.56 Å². The third-order valence-electron chi connectivity index (χ3n) is 2.33. The first-order valence-corrected chi connectivity index (χ1v) is 5.09. The van der Waals surface area contributed by atoms with Crippen molar-refractivity contribution in [1.29, 1.82) is 0 Å². The maximum absolute atomic E-state index is 11.3. The number of benzene rings is 1. The largest absolute Gasteiger partial charge is 0.324 e. The van der Waals surface area contributed by atoms with E-state index in [1.54, 1.807) is 17.1 Å². The summed E-state index contributed by atoms with van der Waals surface area (Å²) < 4.78 is 1.73. The zero-order valence-corrected chi connectivity index (χ0v) is 8.84. The molecule has 0 aliphatic carbocycles. The normalized spacial score (nSPS) is 10.3. The Bertz CT molecular complexity index is 476. The average molecular weight is 215 g/mol.